The molecule has 0 aromatic heterocycles. The Balaban J connectivity index is 2.43. The third-order valence-corrected chi connectivity index (χ3v) is 2.36. The first-order valence-electron chi connectivity index (χ1n) is 5.72. The van der Waals surface area contributed by atoms with Crippen LogP contribution in [0.25, 0.3) is 0 Å². The van der Waals surface area contributed by atoms with Gasteiger partial charge in [0.1, 0.15) is 12.4 Å². The number of hydrogen-bond acceptors (Lipinski definition) is 5. The van der Waals surface area contributed by atoms with Gasteiger partial charge in [-0.05, 0) is 37.5 Å². The highest BCUT2D eigenvalue weighted by atomic mass is 16.6. The van der Waals surface area contributed by atoms with Gasteiger partial charge in [-0.1, -0.05) is 6.08 Å². The molecule has 1 aromatic rings. The van der Waals surface area contributed by atoms with Crippen LogP contribution < -0.4 is 9.84 Å². The lowest BCUT2D eigenvalue weighted by Gasteiger charge is -2.06. The molecule has 0 aliphatic carbocycles. The second-order valence-corrected chi connectivity index (χ2v) is 4.00. The summed E-state index contributed by atoms with van der Waals surface area (Å²) in [5.74, 6) is -0.557. The molecule has 1 rings (SSSR count). The van der Waals surface area contributed by atoms with Gasteiger partial charge in [0.2, 0.25) is 0 Å². The molecule has 0 fully saturated rings. The third-order valence-electron chi connectivity index (χ3n) is 2.36. The number of rotatable bonds is 7. The van der Waals surface area contributed by atoms with E-state index >= 15 is 0 Å². The Morgan fingerprint density at radius 2 is 2.00 bits per heavy atom. The van der Waals surface area contributed by atoms with Crippen molar-refractivity contribution < 1.29 is 19.6 Å². The lowest BCUT2D eigenvalue weighted by Crippen LogP contribution is -2.21. The number of carboxylic acids is 1. The van der Waals surface area contributed by atoms with Crippen molar-refractivity contribution >= 4 is 11.7 Å². The number of hydrogen-bond donors (Lipinski definition) is 0. The Morgan fingerprint density at radius 1 is 1.37 bits per heavy atom. The van der Waals surface area contributed by atoms with Gasteiger partial charge in [-0.2, -0.15) is 0 Å². The smallest absolute Gasteiger partial charge is 0.269 e. The Hall–Kier alpha value is -2.37. The van der Waals surface area contributed by atoms with Crippen LogP contribution in [-0.4, -0.2) is 17.5 Å². The number of carboxylic acid groups (broad SMARTS) is 1. The number of allylic oxidation sites excluding steroid dienone is 1. The summed E-state index contributed by atoms with van der Waals surface area (Å²) in [7, 11) is 0. The molecular formula is C13H14NO5-. The lowest BCUT2D eigenvalue weighted by atomic mass is 10.2. The Morgan fingerprint density at radius 3 is 2.53 bits per heavy atom. The van der Waals surface area contributed by atoms with Crippen LogP contribution in [0.4, 0.5) is 5.69 Å². The number of carbonyl (C=O) groups is 1. The number of benzene rings is 1. The minimum absolute atomic E-state index is 0.00794. The lowest BCUT2D eigenvalue weighted by molar-refractivity contribution is -0.384. The highest BCUT2D eigenvalue weighted by molar-refractivity contribution is 5.64. The van der Waals surface area contributed by atoms with E-state index in [1.165, 1.54) is 24.3 Å². The van der Waals surface area contributed by atoms with Gasteiger partial charge in [0, 0.05) is 18.1 Å². The van der Waals surface area contributed by atoms with Gasteiger partial charge < -0.3 is 14.6 Å². The second kappa shape index (κ2) is 7.15. The summed E-state index contributed by atoms with van der Waals surface area (Å²) in [5, 5.41) is 20.7. The Kier molecular flexibility index (Phi) is 5.53. The highest BCUT2D eigenvalue weighted by Crippen LogP contribution is 2.17. The number of carbonyl (C=O) groups excluding carboxylic acids is 1. The van der Waals surface area contributed by atoms with Gasteiger partial charge in [0.25, 0.3) is 5.69 Å². The molecule has 0 bridgehead atoms. The van der Waals surface area contributed by atoms with Crippen LogP contribution in [0.5, 0.6) is 5.75 Å². The number of nitrogens with zero attached hydrogens (tertiary/aromatic N) is 1. The zero-order valence-electron chi connectivity index (χ0n) is 10.5. The maximum atomic E-state index is 10.5. The monoisotopic (exact) mass is 264 g/mol. The van der Waals surface area contributed by atoms with Crippen molar-refractivity contribution in [2.24, 2.45) is 0 Å². The van der Waals surface area contributed by atoms with Crippen molar-refractivity contribution in [1.29, 1.82) is 0 Å². The highest BCUT2D eigenvalue weighted by Gasteiger charge is 2.04. The molecule has 0 aliphatic rings. The number of aliphatic carboxylic acids is 1. The van der Waals surface area contributed by atoms with Gasteiger partial charge in [-0.25, -0.2) is 0 Å². The molecule has 19 heavy (non-hydrogen) atoms. The number of nitro benzene ring substituents is 1. The molecule has 0 unspecified atom stereocenters. The fraction of sp³-hybridized carbons (Fsp3) is 0.308. The van der Waals surface area contributed by atoms with E-state index in [1.54, 1.807) is 6.08 Å². The fourth-order valence-electron chi connectivity index (χ4n) is 1.36. The molecule has 6 nitrogen and oxygen atoms in total. The topological polar surface area (TPSA) is 92.5 Å². The summed E-state index contributed by atoms with van der Waals surface area (Å²) < 4.78 is 5.41. The molecule has 0 N–H and O–H groups in total. The van der Waals surface area contributed by atoms with E-state index in [1.807, 2.05) is 6.92 Å². The maximum absolute atomic E-state index is 10.5. The zero-order valence-corrected chi connectivity index (χ0v) is 10.5. The van der Waals surface area contributed by atoms with Crippen molar-refractivity contribution in [3.63, 3.8) is 0 Å². The van der Waals surface area contributed by atoms with E-state index in [9.17, 15) is 20.0 Å². The number of nitro groups is 1. The first-order chi connectivity index (χ1) is 8.99. The molecule has 0 atom stereocenters. The van der Waals surface area contributed by atoms with Crippen molar-refractivity contribution in [2.75, 3.05) is 6.61 Å². The normalized spacial score (nSPS) is 11.1. The molecule has 1 aromatic carbocycles. The van der Waals surface area contributed by atoms with E-state index < -0.39 is 10.9 Å². The van der Waals surface area contributed by atoms with Crippen molar-refractivity contribution in [3.05, 3.63) is 46.0 Å². The fourth-order valence-corrected chi connectivity index (χ4v) is 1.36. The quantitative estimate of drug-likeness (QED) is 0.422. The molecule has 6 heteroatoms. The zero-order chi connectivity index (χ0) is 14.3. The summed E-state index contributed by atoms with van der Waals surface area (Å²) in [6.07, 6.45) is 2.15. The Bertz CT molecular complexity index is 478. The summed E-state index contributed by atoms with van der Waals surface area (Å²) >= 11 is 0. The SMILES string of the molecule is CC(=CCCC(=O)[O-])COc1ccc([N+](=O)[O-])cc1. The number of non-ortho nitro benzene ring substituents is 1. The largest absolute Gasteiger partial charge is 0.550 e. The van der Waals surface area contributed by atoms with E-state index in [-0.39, 0.29) is 12.1 Å². The second-order valence-electron chi connectivity index (χ2n) is 4.00. The minimum Gasteiger partial charge on any atom is -0.550 e. The molecule has 0 spiro atoms. The van der Waals surface area contributed by atoms with Crippen LogP contribution in [-0.2, 0) is 4.79 Å². The van der Waals surface area contributed by atoms with Crippen LogP contribution in [0.1, 0.15) is 19.8 Å². The standard InChI is InChI=1S/C13H15NO5/c1-10(3-2-4-13(15)16)9-19-12-7-5-11(6-8-12)14(17)18/h3,5-8H,2,4,9H2,1H3,(H,15,16)/p-1. The van der Waals surface area contributed by atoms with Gasteiger partial charge in [0.05, 0.1) is 4.92 Å². The number of ether oxygens (including phenoxy) is 1. The van der Waals surface area contributed by atoms with Crippen molar-refractivity contribution in [2.45, 2.75) is 19.8 Å². The first kappa shape index (κ1) is 14.7. The van der Waals surface area contributed by atoms with E-state index in [0.717, 1.165) is 5.57 Å². The van der Waals surface area contributed by atoms with Gasteiger partial charge in [0.15, 0.2) is 0 Å². The minimum atomic E-state index is -1.08. The van der Waals surface area contributed by atoms with E-state index in [2.05, 4.69) is 0 Å². The van der Waals surface area contributed by atoms with E-state index in [4.69, 9.17) is 4.74 Å². The summed E-state index contributed by atoms with van der Waals surface area (Å²) in [6.45, 7) is 2.13. The van der Waals surface area contributed by atoms with Crippen LogP contribution in [0.3, 0.4) is 0 Å². The van der Waals surface area contributed by atoms with Crippen LogP contribution in [0.15, 0.2) is 35.9 Å². The third kappa shape index (κ3) is 5.67. The molecule has 0 heterocycles. The van der Waals surface area contributed by atoms with Crippen LogP contribution >= 0.6 is 0 Å². The summed E-state index contributed by atoms with van der Waals surface area (Å²) in [6, 6.07) is 5.77. The van der Waals surface area contributed by atoms with Crippen LogP contribution in [0, 0.1) is 10.1 Å². The van der Waals surface area contributed by atoms with Gasteiger partial charge in [-0.15, -0.1) is 0 Å². The summed E-state index contributed by atoms with van der Waals surface area (Å²) in [4.78, 5) is 20.2. The molecular weight excluding hydrogens is 250 g/mol. The first-order valence-corrected chi connectivity index (χ1v) is 5.72. The maximum Gasteiger partial charge on any atom is 0.269 e. The van der Waals surface area contributed by atoms with E-state index in [0.29, 0.717) is 18.8 Å². The van der Waals surface area contributed by atoms with Crippen molar-refractivity contribution in [3.8, 4) is 5.75 Å². The molecule has 0 radical (unpaired) electrons. The predicted octanol–water partition coefficient (Wildman–Crippen LogP) is 1.45. The van der Waals surface area contributed by atoms with Gasteiger partial charge in [-0.3, -0.25) is 10.1 Å². The molecule has 0 saturated heterocycles. The molecule has 0 saturated carbocycles. The average molecular weight is 264 g/mol. The van der Waals surface area contributed by atoms with Gasteiger partial charge >= 0.3 is 0 Å². The predicted molar refractivity (Wildman–Crippen MR) is 66.6 cm³/mol. The molecule has 0 aliphatic heterocycles. The van der Waals surface area contributed by atoms with Crippen LogP contribution in [0.2, 0.25) is 0 Å². The van der Waals surface area contributed by atoms with Crippen molar-refractivity contribution in [1.82, 2.24) is 0 Å². The average Bonchev–Trinajstić information content (AvgIpc) is 2.36. The summed E-state index contributed by atoms with van der Waals surface area (Å²) in [5.41, 5.74) is 0.896. The molecule has 0 amide bonds. The Labute approximate surface area is 110 Å². The molecule has 102 valence electrons.